The Morgan fingerprint density at radius 2 is 2.06 bits per heavy atom. The highest BCUT2D eigenvalue weighted by Crippen LogP contribution is 2.24. The molecule has 0 bridgehead atoms. The number of nitrogens with zero attached hydrogens (tertiary/aromatic N) is 1. The Hall–Kier alpha value is -1.13. The van der Waals surface area contributed by atoms with Crippen molar-refractivity contribution in [3.05, 3.63) is 29.6 Å². The third kappa shape index (κ3) is 3.68. The Labute approximate surface area is 102 Å². The van der Waals surface area contributed by atoms with Crippen molar-refractivity contribution in [1.29, 1.82) is 0 Å². The van der Waals surface area contributed by atoms with E-state index in [-0.39, 0.29) is 12.4 Å². The standard InChI is InChI=1S/C13H21FN2O/c1-4-16(9-13(2,3)17)12-7-5-6-11(14)10(12)8-15/h5-7,17H,4,8-9,15H2,1-3H3. The smallest absolute Gasteiger partial charge is 0.129 e. The first-order valence-electron chi connectivity index (χ1n) is 5.84. The molecule has 0 radical (unpaired) electrons. The van der Waals surface area contributed by atoms with Crippen LogP contribution in [0.4, 0.5) is 10.1 Å². The molecule has 0 saturated heterocycles. The first-order valence-corrected chi connectivity index (χ1v) is 5.84. The summed E-state index contributed by atoms with van der Waals surface area (Å²) in [6.07, 6.45) is 0. The molecule has 0 atom stereocenters. The van der Waals surface area contributed by atoms with Crippen molar-refractivity contribution < 1.29 is 9.50 Å². The van der Waals surface area contributed by atoms with Crippen LogP contribution in [0.3, 0.4) is 0 Å². The SMILES string of the molecule is CCN(CC(C)(C)O)c1cccc(F)c1CN. The van der Waals surface area contributed by atoms with E-state index < -0.39 is 5.60 Å². The molecular weight excluding hydrogens is 219 g/mol. The third-order valence-corrected chi connectivity index (χ3v) is 2.60. The summed E-state index contributed by atoms with van der Waals surface area (Å²) in [4.78, 5) is 1.94. The van der Waals surface area contributed by atoms with E-state index >= 15 is 0 Å². The van der Waals surface area contributed by atoms with Gasteiger partial charge in [-0.05, 0) is 32.9 Å². The highest BCUT2D eigenvalue weighted by atomic mass is 19.1. The first-order chi connectivity index (χ1) is 7.89. The summed E-state index contributed by atoms with van der Waals surface area (Å²) in [7, 11) is 0. The maximum Gasteiger partial charge on any atom is 0.129 e. The van der Waals surface area contributed by atoms with E-state index in [1.807, 2.05) is 17.9 Å². The number of halogens is 1. The van der Waals surface area contributed by atoms with Crippen molar-refractivity contribution >= 4 is 5.69 Å². The quantitative estimate of drug-likeness (QED) is 0.826. The molecule has 0 heterocycles. The number of hydrogen-bond donors (Lipinski definition) is 2. The molecule has 1 rings (SSSR count). The minimum Gasteiger partial charge on any atom is -0.389 e. The lowest BCUT2D eigenvalue weighted by molar-refractivity contribution is 0.0875. The largest absolute Gasteiger partial charge is 0.389 e. The van der Waals surface area contributed by atoms with E-state index in [0.717, 1.165) is 5.69 Å². The van der Waals surface area contributed by atoms with Crippen LogP contribution < -0.4 is 10.6 Å². The van der Waals surface area contributed by atoms with Gasteiger partial charge in [-0.25, -0.2) is 4.39 Å². The van der Waals surface area contributed by atoms with Gasteiger partial charge in [0.2, 0.25) is 0 Å². The topological polar surface area (TPSA) is 49.5 Å². The van der Waals surface area contributed by atoms with Gasteiger partial charge >= 0.3 is 0 Å². The maximum absolute atomic E-state index is 13.6. The molecule has 0 amide bonds. The molecule has 0 saturated carbocycles. The average Bonchev–Trinajstić information content (AvgIpc) is 2.24. The highest BCUT2D eigenvalue weighted by molar-refractivity contribution is 5.54. The van der Waals surface area contributed by atoms with Gasteiger partial charge in [-0.3, -0.25) is 0 Å². The Morgan fingerprint density at radius 3 is 2.53 bits per heavy atom. The number of anilines is 1. The van der Waals surface area contributed by atoms with Gasteiger partial charge in [-0.2, -0.15) is 0 Å². The van der Waals surface area contributed by atoms with Crippen molar-refractivity contribution in [2.75, 3.05) is 18.0 Å². The van der Waals surface area contributed by atoms with E-state index in [4.69, 9.17) is 5.73 Å². The van der Waals surface area contributed by atoms with E-state index in [1.165, 1.54) is 6.07 Å². The van der Waals surface area contributed by atoms with Gasteiger partial charge in [0.1, 0.15) is 5.82 Å². The fraction of sp³-hybridized carbons (Fsp3) is 0.538. The van der Waals surface area contributed by atoms with Crippen molar-refractivity contribution in [3.8, 4) is 0 Å². The molecule has 0 unspecified atom stereocenters. The van der Waals surface area contributed by atoms with Crippen molar-refractivity contribution in [2.45, 2.75) is 32.9 Å². The second-order valence-electron chi connectivity index (χ2n) is 4.77. The Balaban J connectivity index is 3.07. The predicted octanol–water partition coefficient (Wildman–Crippen LogP) is 1.88. The molecule has 1 aromatic rings. The van der Waals surface area contributed by atoms with Gasteiger partial charge in [0.15, 0.2) is 0 Å². The van der Waals surface area contributed by atoms with E-state index in [0.29, 0.717) is 18.7 Å². The molecule has 0 spiro atoms. The normalized spacial score (nSPS) is 11.6. The van der Waals surface area contributed by atoms with Crippen molar-refractivity contribution in [3.63, 3.8) is 0 Å². The summed E-state index contributed by atoms with van der Waals surface area (Å²) in [6.45, 7) is 6.73. The van der Waals surface area contributed by atoms with Gasteiger partial charge in [-0.1, -0.05) is 6.07 Å². The Morgan fingerprint density at radius 1 is 1.41 bits per heavy atom. The number of benzene rings is 1. The van der Waals surface area contributed by atoms with Crippen LogP contribution in [-0.4, -0.2) is 23.8 Å². The molecule has 3 nitrogen and oxygen atoms in total. The Bertz CT molecular complexity index is 374. The number of likely N-dealkylation sites (N-methyl/N-ethyl adjacent to an activating group) is 1. The van der Waals surface area contributed by atoms with Crippen LogP contribution in [0.5, 0.6) is 0 Å². The molecule has 96 valence electrons. The second-order valence-corrected chi connectivity index (χ2v) is 4.77. The molecule has 0 fully saturated rings. The van der Waals surface area contributed by atoms with Crippen molar-refractivity contribution in [1.82, 2.24) is 0 Å². The number of hydrogen-bond acceptors (Lipinski definition) is 3. The van der Waals surface area contributed by atoms with E-state index in [9.17, 15) is 9.50 Å². The fourth-order valence-electron chi connectivity index (χ4n) is 1.88. The average molecular weight is 240 g/mol. The van der Waals surface area contributed by atoms with Crippen LogP contribution in [0, 0.1) is 5.82 Å². The zero-order chi connectivity index (χ0) is 13.1. The fourth-order valence-corrected chi connectivity index (χ4v) is 1.88. The summed E-state index contributed by atoms with van der Waals surface area (Å²) in [5, 5.41) is 9.85. The minimum atomic E-state index is -0.825. The van der Waals surface area contributed by atoms with Crippen LogP contribution in [0.25, 0.3) is 0 Å². The zero-order valence-electron chi connectivity index (χ0n) is 10.7. The van der Waals surface area contributed by atoms with Gasteiger partial charge in [0.05, 0.1) is 5.60 Å². The lowest BCUT2D eigenvalue weighted by atomic mass is 10.1. The van der Waals surface area contributed by atoms with Gasteiger partial charge in [-0.15, -0.1) is 0 Å². The Kier molecular flexibility index (Phi) is 4.48. The second kappa shape index (κ2) is 5.47. The molecule has 0 aliphatic rings. The first kappa shape index (κ1) is 13.9. The number of aliphatic hydroxyl groups is 1. The van der Waals surface area contributed by atoms with Gasteiger partial charge in [0, 0.05) is 30.9 Å². The van der Waals surface area contributed by atoms with Crippen LogP contribution in [0.1, 0.15) is 26.3 Å². The molecule has 3 N–H and O–H groups in total. The van der Waals surface area contributed by atoms with Gasteiger partial charge in [0.25, 0.3) is 0 Å². The lowest BCUT2D eigenvalue weighted by Crippen LogP contribution is -2.39. The molecule has 0 aromatic heterocycles. The van der Waals surface area contributed by atoms with E-state index in [1.54, 1.807) is 19.9 Å². The molecular formula is C13H21FN2O. The summed E-state index contributed by atoms with van der Waals surface area (Å²) < 4.78 is 13.6. The van der Waals surface area contributed by atoms with Crippen LogP contribution in [0.2, 0.25) is 0 Å². The van der Waals surface area contributed by atoms with Crippen LogP contribution in [-0.2, 0) is 6.54 Å². The lowest BCUT2D eigenvalue weighted by Gasteiger charge is -2.31. The summed E-state index contributed by atoms with van der Waals surface area (Å²) in [5.74, 6) is -0.292. The van der Waals surface area contributed by atoms with E-state index in [2.05, 4.69) is 0 Å². The predicted molar refractivity (Wildman–Crippen MR) is 68.5 cm³/mol. The molecule has 17 heavy (non-hydrogen) atoms. The third-order valence-electron chi connectivity index (χ3n) is 2.60. The monoisotopic (exact) mass is 240 g/mol. The summed E-state index contributed by atoms with van der Waals surface area (Å²) in [6, 6.07) is 4.90. The van der Waals surface area contributed by atoms with Crippen molar-refractivity contribution in [2.24, 2.45) is 5.73 Å². The van der Waals surface area contributed by atoms with Gasteiger partial charge < -0.3 is 15.7 Å². The summed E-state index contributed by atoms with van der Waals surface area (Å²) >= 11 is 0. The van der Waals surface area contributed by atoms with Crippen LogP contribution in [0.15, 0.2) is 18.2 Å². The number of nitrogens with two attached hydrogens (primary N) is 1. The molecule has 0 aliphatic carbocycles. The molecule has 0 aliphatic heterocycles. The maximum atomic E-state index is 13.6. The molecule has 4 heteroatoms. The van der Waals surface area contributed by atoms with Crippen LogP contribution >= 0.6 is 0 Å². The number of rotatable bonds is 5. The summed E-state index contributed by atoms with van der Waals surface area (Å²) in [5.41, 5.74) is 6.01. The zero-order valence-corrected chi connectivity index (χ0v) is 10.7. The minimum absolute atomic E-state index is 0.157. The highest BCUT2D eigenvalue weighted by Gasteiger charge is 2.20. The molecule has 1 aromatic carbocycles.